The molecule has 0 saturated carbocycles. The Morgan fingerprint density at radius 2 is 1.85 bits per heavy atom. The highest BCUT2D eigenvalue weighted by atomic mass is 32.2. The topological polar surface area (TPSA) is 42.7 Å². The summed E-state index contributed by atoms with van der Waals surface area (Å²) >= 11 is 1.74. The fourth-order valence-corrected chi connectivity index (χ4v) is 3.95. The Morgan fingerprint density at radius 3 is 2.63 bits per heavy atom. The van der Waals surface area contributed by atoms with E-state index in [4.69, 9.17) is 4.74 Å². The third-order valence-corrected chi connectivity index (χ3v) is 5.78. The van der Waals surface area contributed by atoms with Crippen LogP contribution in [-0.4, -0.2) is 52.0 Å². The molecule has 142 valence electrons. The summed E-state index contributed by atoms with van der Waals surface area (Å²) in [5.41, 5.74) is 2.92. The number of benzene rings is 1. The second-order valence-corrected chi connectivity index (χ2v) is 7.80. The van der Waals surface area contributed by atoms with Gasteiger partial charge < -0.3 is 9.64 Å². The van der Waals surface area contributed by atoms with Gasteiger partial charge in [-0.3, -0.25) is 0 Å². The molecule has 3 aromatic rings. The molecule has 0 amide bonds. The molecule has 1 aromatic carbocycles. The van der Waals surface area contributed by atoms with Crippen molar-refractivity contribution in [1.82, 2.24) is 19.5 Å². The first-order valence-corrected chi connectivity index (χ1v) is 10.9. The molecule has 3 heterocycles. The quantitative estimate of drug-likeness (QED) is 0.448. The Hall–Kier alpha value is -2.05. The molecule has 2 aromatic heterocycles. The van der Waals surface area contributed by atoms with Gasteiger partial charge in [-0.05, 0) is 56.8 Å². The zero-order chi connectivity index (χ0) is 18.5. The Labute approximate surface area is 164 Å². The van der Waals surface area contributed by atoms with E-state index in [-0.39, 0.29) is 0 Å². The standard InChI is InChI=1S/C21H26N4OS/c1-27-18-8-6-17(7-9-18)19-16-22-20-10-11-21(23-25(19)20)26-15-5-14-24-12-3-2-4-13-24/h6-11,16H,2-5,12-15H2,1H3. The van der Waals surface area contributed by atoms with Crippen molar-refractivity contribution in [2.75, 3.05) is 32.5 Å². The maximum absolute atomic E-state index is 5.91. The lowest BCUT2D eigenvalue weighted by Crippen LogP contribution is -2.31. The SMILES string of the molecule is CSc1ccc(-c2cnc3ccc(OCCCN4CCCCC4)nn23)cc1. The number of likely N-dealkylation sites (tertiary alicyclic amines) is 1. The second kappa shape index (κ2) is 8.76. The van der Waals surface area contributed by atoms with Crippen molar-refractivity contribution in [3.05, 3.63) is 42.6 Å². The van der Waals surface area contributed by atoms with Gasteiger partial charge in [0.25, 0.3) is 0 Å². The zero-order valence-electron chi connectivity index (χ0n) is 15.8. The average molecular weight is 383 g/mol. The van der Waals surface area contributed by atoms with Crippen LogP contribution in [0.3, 0.4) is 0 Å². The summed E-state index contributed by atoms with van der Waals surface area (Å²) in [5, 5.41) is 4.65. The first-order valence-electron chi connectivity index (χ1n) is 9.68. The van der Waals surface area contributed by atoms with E-state index >= 15 is 0 Å². The molecule has 0 spiro atoms. The van der Waals surface area contributed by atoms with Crippen LogP contribution in [0.4, 0.5) is 0 Å². The lowest BCUT2D eigenvalue weighted by atomic mass is 10.1. The van der Waals surface area contributed by atoms with Crippen LogP contribution in [0.5, 0.6) is 5.88 Å². The number of hydrogen-bond acceptors (Lipinski definition) is 5. The van der Waals surface area contributed by atoms with E-state index in [1.165, 1.54) is 37.2 Å². The van der Waals surface area contributed by atoms with Crippen LogP contribution in [0.15, 0.2) is 47.5 Å². The first kappa shape index (κ1) is 18.3. The Morgan fingerprint density at radius 1 is 1.04 bits per heavy atom. The normalized spacial score (nSPS) is 15.3. The molecule has 5 nitrogen and oxygen atoms in total. The lowest BCUT2D eigenvalue weighted by molar-refractivity contribution is 0.202. The van der Waals surface area contributed by atoms with Gasteiger partial charge in [0.1, 0.15) is 0 Å². The minimum absolute atomic E-state index is 0.654. The molecule has 4 rings (SSSR count). The van der Waals surface area contributed by atoms with Gasteiger partial charge in [-0.1, -0.05) is 18.6 Å². The highest BCUT2D eigenvalue weighted by Crippen LogP contribution is 2.24. The Balaban J connectivity index is 1.41. The van der Waals surface area contributed by atoms with Gasteiger partial charge in [0.15, 0.2) is 5.65 Å². The fourth-order valence-electron chi connectivity index (χ4n) is 3.54. The fraction of sp³-hybridized carbons (Fsp3) is 0.429. The predicted molar refractivity (Wildman–Crippen MR) is 111 cm³/mol. The number of rotatable bonds is 7. The smallest absolute Gasteiger partial charge is 0.231 e. The number of ether oxygens (including phenoxy) is 1. The predicted octanol–water partition coefficient (Wildman–Crippen LogP) is 4.37. The molecule has 0 radical (unpaired) electrons. The maximum atomic E-state index is 5.91. The van der Waals surface area contributed by atoms with E-state index in [1.54, 1.807) is 11.8 Å². The van der Waals surface area contributed by atoms with E-state index in [1.807, 2.05) is 22.8 Å². The van der Waals surface area contributed by atoms with Gasteiger partial charge in [0.2, 0.25) is 5.88 Å². The van der Waals surface area contributed by atoms with E-state index < -0.39 is 0 Å². The summed E-state index contributed by atoms with van der Waals surface area (Å²) in [4.78, 5) is 8.26. The average Bonchev–Trinajstić information content (AvgIpc) is 3.15. The minimum atomic E-state index is 0.654. The van der Waals surface area contributed by atoms with Crippen molar-refractivity contribution >= 4 is 17.4 Å². The highest BCUT2D eigenvalue weighted by Gasteiger charge is 2.11. The molecule has 0 atom stereocenters. The Bertz CT molecular complexity index is 872. The van der Waals surface area contributed by atoms with Crippen LogP contribution in [0, 0.1) is 0 Å². The summed E-state index contributed by atoms with van der Waals surface area (Å²) in [6.07, 6.45) is 9.04. The number of fused-ring (bicyclic) bond motifs is 1. The van der Waals surface area contributed by atoms with Crippen molar-refractivity contribution < 1.29 is 4.74 Å². The molecular formula is C21H26N4OS. The zero-order valence-corrected chi connectivity index (χ0v) is 16.6. The molecule has 0 unspecified atom stereocenters. The number of imidazole rings is 1. The third kappa shape index (κ3) is 4.45. The van der Waals surface area contributed by atoms with E-state index in [9.17, 15) is 0 Å². The van der Waals surface area contributed by atoms with Gasteiger partial charge in [-0.2, -0.15) is 0 Å². The summed E-state index contributed by atoms with van der Waals surface area (Å²) in [5.74, 6) is 0.654. The molecular weight excluding hydrogens is 356 g/mol. The highest BCUT2D eigenvalue weighted by molar-refractivity contribution is 7.98. The first-order chi connectivity index (χ1) is 13.3. The molecule has 0 bridgehead atoms. The Kier molecular flexibility index (Phi) is 5.94. The van der Waals surface area contributed by atoms with Crippen molar-refractivity contribution in [2.24, 2.45) is 0 Å². The molecule has 27 heavy (non-hydrogen) atoms. The lowest BCUT2D eigenvalue weighted by Gasteiger charge is -2.26. The van der Waals surface area contributed by atoms with E-state index in [0.717, 1.165) is 29.9 Å². The van der Waals surface area contributed by atoms with Crippen LogP contribution >= 0.6 is 11.8 Å². The maximum Gasteiger partial charge on any atom is 0.231 e. The molecule has 0 N–H and O–H groups in total. The summed E-state index contributed by atoms with van der Waals surface area (Å²) in [6.45, 7) is 4.28. The number of thioether (sulfide) groups is 1. The van der Waals surface area contributed by atoms with Crippen LogP contribution in [-0.2, 0) is 0 Å². The van der Waals surface area contributed by atoms with Crippen LogP contribution in [0.25, 0.3) is 16.9 Å². The molecule has 1 fully saturated rings. The molecule has 1 aliphatic rings. The summed E-state index contributed by atoms with van der Waals surface area (Å²) in [6, 6.07) is 12.4. The van der Waals surface area contributed by atoms with Gasteiger partial charge in [0, 0.05) is 23.1 Å². The second-order valence-electron chi connectivity index (χ2n) is 6.92. The van der Waals surface area contributed by atoms with Gasteiger partial charge in [-0.25, -0.2) is 9.50 Å². The molecule has 0 aliphatic carbocycles. The number of aromatic nitrogens is 3. The van der Waals surface area contributed by atoms with Crippen molar-refractivity contribution in [3.8, 4) is 17.1 Å². The van der Waals surface area contributed by atoms with Gasteiger partial charge in [0.05, 0.1) is 18.5 Å². The van der Waals surface area contributed by atoms with Crippen molar-refractivity contribution in [1.29, 1.82) is 0 Å². The summed E-state index contributed by atoms with van der Waals surface area (Å²) in [7, 11) is 0. The van der Waals surface area contributed by atoms with Gasteiger partial charge in [-0.15, -0.1) is 16.9 Å². The minimum Gasteiger partial charge on any atom is -0.477 e. The van der Waals surface area contributed by atoms with Crippen LogP contribution in [0.2, 0.25) is 0 Å². The molecule has 6 heteroatoms. The number of nitrogens with zero attached hydrogens (tertiary/aromatic N) is 4. The molecule has 1 aliphatic heterocycles. The van der Waals surface area contributed by atoms with E-state index in [0.29, 0.717) is 12.5 Å². The van der Waals surface area contributed by atoms with Crippen molar-refractivity contribution in [2.45, 2.75) is 30.6 Å². The third-order valence-electron chi connectivity index (χ3n) is 5.04. The summed E-state index contributed by atoms with van der Waals surface area (Å²) < 4.78 is 7.78. The molecule has 1 saturated heterocycles. The monoisotopic (exact) mass is 382 g/mol. The van der Waals surface area contributed by atoms with Gasteiger partial charge >= 0.3 is 0 Å². The number of hydrogen-bond donors (Lipinski definition) is 0. The number of piperidine rings is 1. The van der Waals surface area contributed by atoms with E-state index in [2.05, 4.69) is 45.5 Å². The van der Waals surface area contributed by atoms with Crippen molar-refractivity contribution in [3.63, 3.8) is 0 Å². The van der Waals surface area contributed by atoms with Crippen LogP contribution < -0.4 is 4.74 Å². The van der Waals surface area contributed by atoms with Crippen LogP contribution in [0.1, 0.15) is 25.7 Å². The largest absolute Gasteiger partial charge is 0.477 e.